The zero-order chi connectivity index (χ0) is 38.9. The highest BCUT2D eigenvalue weighted by Gasteiger charge is 2.52. The van der Waals surface area contributed by atoms with Gasteiger partial charge in [0.1, 0.15) is 16.9 Å². The van der Waals surface area contributed by atoms with Crippen LogP contribution in [-0.4, -0.2) is 8.07 Å². The molecule has 3 nitrogen and oxygen atoms in total. The van der Waals surface area contributed by atoms with Gasteiger partial charge in [0, 0.05) is 32.3 Å². The minimum Gasteiger partial charge on any atom is -0.456 e. The number of benzene rings is 9. The minimum atomic E-state index is -2.88. The number of hydrogen-bond donors (Lipinski definition) is 0. The minimum absolute atomic E-state index is 0.844. The van der Waals surface area contributed by atoms with Crippen molar-refractivity contribution in [2.45, 2.75) is 9.79 Å². The smallest absolute Gasteiger partial charge is 0.190 e. The Balaban J connectivity index is 1.10. The van der Waals surface area contributed by atoms with Gasteiger partial charge in [-0.1, -0.05) is 163 Å². The van der Waals surface area contributed by atoms with Crippen molar-refractivity contribution in [1.29, 1.82) is 0 Å². The summed E-state index contributed by atoms with van der Waals surface area (Å²) < 4.78 is 13.8. The molecule has 0 saturated carbocycles. The predicted molar refractivity (Wildman–Crippen MR) is 247 cm³/mol. The van der Waals surface area contributed by atoms with Crippen molar-refractivity contribution >= 4 is 79.6 Å². The lowest BCUT2D eigenvalue weighted by Gasteiger charge is -2.44. The molecule has 0 saturated heterocycles. The number of ether oxygens (including phenoxy) is 1. The van der Waals surface area contributed by atoms with Crippen LogP contribution in [0, 0.1) is 0 Å². The van der Waals surface area contributed by atoms with Crippen molar-refractivity contribution in [3.8, 4) is 33.8 Å². The number of rotatable bonds is 5. The Bertz CT molecular complexity index is 3180. The van der Waals surface area contributed by atoms with Gasteiger partial charge in [-0.15, -0.1) is 0 Å². The van der Waals surface area contributed by atoms with E-state index in [1.165, 1.54) is 47.2 Å². The van der Waals surface area contributed by atoms with Crippen LogP contribution in [0.2, 0.25) is 0 Å². The second-order valence-electron chi connectivity index (χ2n) is 15.2. The van der Waals surface area contributed by atoms with Crippen LogP contribution in [-0.2, 0) is 0 Å². The maximum absolute atomic E-state index is 7.25. The normalized spacial score (nSPS) is 13.3. The van der Waals surface area contributed by atoms with Crippen LogP contribution < -0.4 is 30.4 Å². The first-order chi connectivity index (χ1) is 29.3. The fourth-order valence-corrected chi connectivity index (χ4v) is 16.6. The van der Waals surface area contributed by atoms with Crippen molar-refractivity contribution in [3.63, 3.8) is 0 Å². The maximum atomic E-state index is 7.25. The van der Waals surface area contributed by atoms with Crippen molar-refractivity contribution in [1.82, 2.24) is 0 Å². The zero-order valence-corrected chi connectivity index (χ0v) is 33.7. The van der Waals surface area contributed by atoms with Crippen LogP contribution in [0.1, 0.15) is 0 Å². The molecule has 1 aromatic heterocycles. The summed E-state index contributed by atoms with van der Waals surface area (Å²) >= 11 is 1.88. The highest BCUT2D eigenvalue weighted by Crippen LogP contribution is 2.47. The topological polar surface area (TPSA) is 25.6 Å². The first-order valence-electron chi connectivity index (χ1n) is 20.0. The number of furan rings is 1. The molecule has 278 valence electrons. The zero-order valence-electron chi connectivity index (χ0n) is 31.9. The molecule has 2 aliphatic heterocycles. The second kappa shape index (κ2) is 13.5. The van der Waals surface area contributed by atoms with Gasteiger partial charge in [0.25, 0.3) is 0 Å². The Labute approximate surface area is 347 Å². The van der Waals surface area contributed by atoms with Gasteiger partial charge in [0.05, 0.1) is 11.4 Å². The summed E-state index contributed by atoms with van der Waals surface area (Å²) in [5.41, 5.74) is 9.46. The molecule has 10 aromatic rings. The molecule has 0 aliphatic carbocycles. The molecule has 0 unspecified atom stereocenters. The lowest BCUT2D eigenvalue weighted by molar-refractivity contribution is 0.488. The molecule has 5 heteroatoms. The third-order valence-electron chi connectivity index (χ3n) is 12.0. The molecule has 0 amide bonds. The van der Waals surface area contributed by atoms with Crippen LogP contribution >= 0.6 is 11.8 Å². The average molecular weight is 790 g/mol. The van der Waals surface area contributed by atoms with Crippen LogP contribution in [0.25, 0.3) is 44.2 Å². The van der Waals surface area contributed by atoms with Crippen LogP contribution in [0.15, 0.2) is 227 Å². The largest absolute Gasteiger partial charge is 0.456 e. The van der Waals surface area contributed by atoms with Crippen LogP contribution in [0.4, 0.5) is 17.1 Å². The monoisotopic (exact) mass is 789 g/mol. The molecule has 3 heterocycles. The fraction of sp³-hybridized carbons (Fsp3) is 0. The van der Waals surface area contributed by atoms with E-state index in [4.69, 9.17) is 9.15 Å². The number of fused-ring (bicyclic) bond motifs is 11. The van der Waals surface area contributed by atoms with E-state index in [0.717, 1.165) is 56.1 Å². The van der Waals surface area contributed by atoms with E-state index in [1.54, 1.807) is 0 Å². The number of anilines is 3. The van der Waals surface area contributed by atoms with E-state index in [9.17, 15) is 0 Å². The van der Waals surface area contributed by atoms with Gasteiger partial charge in [-0.05, 0) is 97.6 Å². The van der Waals surface area contributed by atoms with Gasteiger partial charge >= 0.3 is 0 Å². The third-order valence-corrected chi connectivity index (χ3v) is 18.4. The Morgan fingerprint density at radius 2 is 0.983 bits per heavy atom. The van der Waals surface area contributed by atoms with E-state index in [1.807, 2.05) is 23.9 Å². The van der Waals surface area contributed by atoms with E-state index < -0.39 is 8.07 Å². The number of nitrogens with zero attached hydrogens (tertiary/aromatic N) is 1. The van der Waals surface area contributed by atoms with Gasteiger partial charge < -0.3 is 14.1 Å². The van der Waals surface area contributed by atoms with Crippen molar-refractivity contribution in [2.75, 3.05) is 4.90 Å². The van der Waals surface area contributed by atoms with Crippen molar-refractivity contribution < 1.29 is 9.15 Å². The number of para-hydroxylation sites is 3. The molecule has 0 bridgehead atoms. The van der Waals surface area contributed by atoms with Gasteiger partial charge in [0.2, 0.25) is 0 Å². The molecule has 59 heavy (non-hydrogen) atoms. The van der Waals surface area contributed by atoms with E-state index in [0.29, 0.717) is 0 Å². The van der Waals surface area contributed by atoms with Crippen molar-refractivity contribution in [3.05, 3.63) is 212 Å². The highest BCUT2D eigenvalue weighted by atomic mass is 32.2. The van der Waals surface area contributed by atoms with Gasteiger partial charge in [-0.2, -0.15) is 0 Å². The molecule has 0 N–H and O–H groups in total. The van der Waals surface area contributed by atoms with Gasteiger partial charge in [-0.25, -0.2) is 0 Å². The molecule has 9 aromatic carbocycles. The molecular formula is C54H35NO2SSi. The summed E-state index contributed by atoms with van der Waals surface area (Å²) in [5, 5.41) is 7.53. The molecule has 0 radical (unpaired) electrons. The summed E-state index contributed by atoms with van der Waals surface area (Å²) in [6.45, 7) is 0. The highest BCUT2D eigenvalue weighted by molar-refractivity contribution is 8.00. The third kappa shape index (κ3) is 5.22. The van der Waals surface area contributed by atoms with Crippen LogP contribution in [0.3, 0.4) is 0 Å². The Hall–Kier alpha value is -7.05. The SMILES string of the molecule is c1ccc(-c2ccccc2-c2ccc(N(c3ccc4c(c3)oc3ccccc34)c3cccc4c3Oc3ccccc3[Si]43c4ccccc4Sc4ccccc43)cc2)cc1. The summed E-state index contributed by atoms with van der Waals surface area (Å²) in [6.07, 6.45) is 0. The predicted octanol–water partition coefficient (Wildman–Crippen LogP) is 12.3. The molecule has 1 spiro atoms. The quantitative estimate of drug-likeness (QED) is 0.162. The first-order valence-corrected chi connectivity index (χ1v) is 22.8. The van der Waals surface area contributed by atoms with E-state index >= 15 is 0 Å². The fourth-order valence-electron chi connectivity index (χ4n) is 9.47. The molecule has 0 fully saturated rings. The molecule has 2 aliphatic rings. The molecule has 12 rings (SSSR count). The summed E-state index contributed by atoms with van der Waals surface area (Å²) in [7, 11) is -2.88. The molecular weight excluding hydrogens is 755 g/mol. The Morgan fingerprint density at radius 3 is 1.75 bits per heavy atom. The average Bonchev–Trinajstić information content (AvgIpc) is 3.68. The Morgan fingerprint density at radius 1 is 0.407 bits per heavy atom. The second-order valence-corrected chi connectivity index (χ2v) is 19.9. The summed E-state index contributed by atoms with van der Waals surface area (Å²) in [4.78, 5) is 4.97. The van der Waals surface area contributed by atoms with Gasteiger partial charge in [-0.3, -0.25) is 0 Å². The first kappa shape index (κ1) is 34.0. The number of hydrogen-bond acceptors (Lipinski definition) is 4. The van der Waals surface area contributed by atoms with Gasteiger partial charge in [0.15, 0.2) is 13.8 Å². The maximum Gasteiger partial charge on any atom is 0.190 e. The Kier molecular flexibility index (Phi) is 7.80. The van der Waals surface area contributed by atoms with E-state index in [2.05, 4.69) is 205 Å². The standard InChI is InChI=1S/C54H35NO2SSi/c1-2-15-36(16-3-1)40-17-4-5-18-41(40)37-29-31-38(32-30-37)55(39-33-34-43-42-19-6-7-21-45(42)56-47(43)35-39)44-20-14-28-53-54(44)57-46-22-8-11-25-50(46)59(53)51-26-12-9-23-48(51)58-49-24-10-13-27-52(49)59/h1-35H. The lowest BCUT2D eigenvalue weighted by atomic mass is 9.94. The molecule has 0 atom stereocenters. The summed E-state index contributed by atoms with van der Waals surface area (Å²) in [6, 6.07) is 76.7. The summed E-state index contributed by atoms with van der Waals surface area (Å²) in [5.74, 6) is 1.80. The van der Waals surface area contributed by atoms with Crippen LogP contribution in [0.5, 0.6) is 11.5 Å². The van der Waals surface area contributed by atoms with E-state index in [-0.39, 0.29) is 0 Å². The lowest BCUT2D eigenvalue weighted by Crippen LogP contribution is -2.77. The van der Waals surface area contributed by atoms with Crippen molar-refractivity contribution in [2.24, 2.45) is 0 Å².